The first-order valence-electron chi connectivity index (χ1n) is 7.67. The zero-order chi connectivity index (χ0) is 15.8. The summed E-state index contributed by atoms with van der Waals surface area (Å²) in [6, 6.07) is 3.93. The zero-order valence-corrected chi connectivity index (χ0v) is 13.1. The first kappa shape index (κ1) is 16.1. The Morgan fingerprint density at radius 3 is 2.86 bits per heavy atom. The van der Waals surface area contributed by atoms with Gasteiger partial charge in [0, 0.05) is 25.4 Å². The van der Waals surface area contributed by atoms with E-state index in [-0.39, 0.29) is 11.9 Å². The molecule has 0 saturated carbocycles. The van der Waals surface area contributed by atoms with Crippen molar-refractivity contribution in [2.75, 3.05) is 0 Å². The molecule has 118 valence electrons. The minimum atomic E-state index is 0.0209. The van der Waals surface area contributed by atoms with Crippen molar-refractivity contribution in [1.29, 1.82) is 0 Å². The molecule has 0 spiro atoms. The largest absolute Gasteiger partial charge is 0.349 e. The maximum atomic E-state index is 12.2. The van der Waals surface area contributed by atoms with E-state index in [1.54, 1.807) is 17.2 Å². The van der Waals surface area contributed by atoms with Gasteiger partial charge < -0.3 is 5.32 Å². The van der Waals surface area contributed by atoms with Gasteiger partial charge in [-0.05, 0) is 30.4 Å². The van der Waals surface area contributed by atoms with Gasteiger partial charge in [0.1, 0.15) is 12.7 Å². The smallest absolute Gasteiger partial charge is 0.220 e. The fourth-order valence-corrected chi connectivity index (χ4v) is 2.35. The van der Waals surface area contributed by atoms with Crippen LogP contribution in [-0.4, -0.2) is 25.7 Å². The van der Waals surface area contributed by atoms with Crippen LogP contribution in [0.5, 0.6) is 0 Å². The van der Waals surface area contributed by atoms with Gasteiger partial charge in [0.25, 0.3) is 0 Å². The van der Waals surface area contributed by atoms with Crippen LogP contribution in [0.15, 0.2) is 37.2 Å². The number of carbonyl (C=O) groups is 1. The summed E-state index contributed by atoms with van der Waals surface area (Å²) in [4.78, 5) is 20.2. The Hall–Kier alpha value is -2.24. The molecule has 1 unspecified atom stereocenters. The van der Waals surface area contributed by atoms with Crippen molar-refractivity contribution >= 4 is 5.91 Å². The van der Waals surface area contributed by atoms with Crippen molar-refractivity contribution in [2.45, 2.75) is 45.7 Å². The highest BCUT2D eigenvalue weighted by Gasteiger charge is 2.16. The topological polar surface area (TPSA) is 72.7 Å². The summed E-state index contributed by atoms with van der Waals surface area (Å²) in [6.45, 7) is 5.01. The minimum Gasteiger partial charge on any atom is -0.349 e. The van der Waals surface area contributed by atoms with Crippen molar-refractivity contribution in [3.8, 4) is 0 Å². The highest BCUT2D eigenvalue weighted by molar-refractivity contribution is 5.76. The van der Waals surface area contributed by atoms with Crippen LogP contribution in [0.4, 0.5) is 0 Å². The lowest BCUT2D eigenvalue weighted by Gasteiger charge is -2.20. The lowest BCUT2D eigenvalue weighted by molar-refractivity contribution is -0.122. The highest BCUT2D eigenvalue weighted by atomic mass is 16.1. The number of carbonyl (C=O) groups excluding carboxylic acids is 1. The average Bonchev–Trinajstić information content (AvgIpc) is 3.00. The van der Waals surface area contributed by atoms with E-state index in [1.807, 2.05) is 18.3 Å². The normalized spacial score (nSPS) is 12.3. The second kappa shape index (κ2) is 8.26. The Bertz CT molecular complexity index is 553. The summed E-state index contributed by atoms with van der Waals surface area (Å²) in [6.07, 6.45) is 8.86. The summed E-state index contributed by atoms with van der Waals surface area (Å²) in [5.41, 5.74) is 1.06. The molecule has 2 rings (SSSR count). The lowest BCUT2D eigenvalue weighted by Crippen LogP contribution is -2.29. The summed E-state index contributed by atoms with van der Waals surface area (Å²) < 4.78 is 1.74. The van der Waals surface area contributed by atoms with Crippen LogP contribution >= 0.6 is 0 Å². The van der Waals surface area contributed by atoms with Gasteiger partial charge in [0.05, 0.1) is 6.04 Å². The molecular formula is C16H23N5O. The fourth-order valence-electron chi connectivity index (χ4n) is 2.35. The van der Waals surface area contributed by atoms with E-state index >= 15 is 0 Å². The number of hydrogen-bond donors (Lipinski definition) is 1. The maximum absolute atomic E-state index is 12.2. The SMILES string of the molecule is CC(C)CC(NC(=O)CCCn1cncn1)c1cccnc1. The molecule has 0 radical (unpaired) electrons. The van der Waals surface area contributed by atoms with E-state index in [0.717, 1.165) is 18.4 Å². The quantitative estimate of drug-likeness (QED) is 0.812. The Morgan fingerprint density at radius 2 is 2.23 bits per heavy atom. The van der Waals surface area contributed by atoms with Crippen molar-refractivity contribution in [2.24, 2.45) is 5.92 Å². The minimum absolute atomic E-state index is 0.0209. The van der Waals surface area contributed by atoms with Crippen molar-refractivity contribution in [3.63, 3.8) is 0 Å². The number of nitrogens with zero attached hydrogens (tertiary/aromatic N) is 4. The van der Waals surface area contributed by atoms with Crippen LogP contribution < -0.4 is 5.32 Å². The third-order valence-corrected chi connectivity index (χ3v) is 3.39. The molecule has 0 aliphatic heterocycles. The van der Waals surface area contributed by atoms with Gasteiger partial charge in [-0.25, -0.2) is 4.98 Å². The van der Waals surface area contributed by atoms with Gasteiger partial charge in [0.15, 0.2) is 0 Å². The number of aryl methyl sites for hydroxylation is 1. The highest BCUT2D eigenvalue weighted by Crippen LogP contribution is 2.20. The fraction of sp³-hybridized carbons (Fsp3) is 0.500. The van der Waals surface area contributed by atoms with Crippen LogP contribution in [0.2, 0.25) is 0 Å². The van der Waals surface area contributed by atoms with Crippen molar-refractivity contribution in [1.82, 2.24) is 25.1 Å². The van der Waals surface area contributed by atoms with Crippen LogP contribution in [-0.2, 0) is 11.3 Å². The summed E-state index contributed by atoms with van der Waals surface area (Å²) in [7, 11) is 0. The van der Waals surface area contributed by atoms with Crippen LogP contribution in [0.3, 0.4) is 0 Å². The van der Waals surface area contributed by atoms with E-state index in [0.29, 0.717) is 18.9 Å². The average molecular weight is 301 g/mol. The first-order chi connectivity index (χ1) is 10.6. The van der Waals surface area contributed by atoms with Crippen molar-refractivity contribution in [3.05, 3.63) is 42.7 Å². The molecule has 22 heavy (non-hydrogen) atoms. The molecule has 6 heteroatoms. The van der Waals surface area contributed by atoms with Gasteiger partial charge >= 0.3 is 0 Å². The first-order valence-corrected chi connectivity index (χ1v) is 7.67. The van der Waals surface area contributed by atoms with Crippen LogP contribution in [0.1, 0.15) is 44.7 Å². The predicted molar refractivity (Wildman–Crippen MR) is 83.8 cm³/mol. The molecule has 0 fully saturated rings. The molecular weight excluding hydrogens is 278 g/mol. The van der Waals surface area contributed by atoms with E-state index < -0.39 is 0 Å². The molecule has 0 saturated heterocycles. The Balaban J connectivity index is 1.85. The standard InChI is InChI=1S/C16H23N5O/c1-13(2)9-15(14-5-3-7-17-10-14)20-16(22)6-4-8-21-12-18-11-19-21/h3,5,7,10-13,15H,4,6,8-9H2,1-2H3,(H,20,22). The van der Waals surface area contributed by atoms with Gasteiger partial charge in [-0.2, -0.15) is 5.10 Å². The molecule has 0 aliphatic carbocycles. The predicted octanol–water partition coefficient (Wildman–Crippen LogP) is 2.36. The molecule has 0 aromatic carbocycles. The monoisotopic (exact) mass is 301 g/mol. The van der Waals surface area contributed by atoms with Gasteiger partial charge in [-0.1, -0.05) is 19.9 Å². The zero-order valence-electron chi connectivity index (χ0n) is 13.1. The summed E-state index contributed by atoms with van der Waals surface area (Å²) >= 11 is 0. The molecule has 1 atom stereocenters. The second-order valence-corrected chi connectivity index (χ2v) is 5.80. The second-order valence-electron chi connectivity index (χ2n) is 5.80. The van der Waals surface area contributed by atoms with Gasteiger partial charge in [-0.15, -0.1) is 0 Å². The molecule has 1 amide bonds. The molecule has 2 aromatic rings. The summed E-state index contributed by atoms with van der Waals surface area (Å²) in [5, 5.41) is 7.15. The van der Waals surface area contributed by atoms with Gasteiger partial charge in [-0.3, -0.25) is 14.5 Å². The van der Waals surface area contributed by atoms with Gasteiger partial charge in [0.2, 0.25) is 5.91 Å². The van der Waals surface area contributed by atoms with E-state index in [9.17, 15) is 4.79 Å². The van der Waals surface area contributed by atoms with E-state index in [4.69, 9.17) is 0 Å². The Morgan fingerprint density at radius 1 is 1.36 bits per heavy atom. The maximum Gasteiger partial charge on any atom is 0.220 e. The number of pyridine rings is 1. The van der Waals surface area contributed by atoms with E-state index in [2.05, 4.69) is 34.2 Å². The third-order valence-electron chi connectivity index (χ3n) is 3.39. The van der Waals surface area contributed by atoms with Crippen molar-refractivity contribution < 1.29 is 4.79 Å². The summed E-state index contributed by atoms with van der Waals surface area (Å²) in [5.74, 6) is 0.565. The Labute approximate surface area is 131 Å². The van der Waals surface area contributed by atoms with Crippen LogP contribution in [0.25, 0.3) is 0 Å². The molecule has 1 N–H and O–H groups in total. The lowest BCUT2D eigenvalue weighted by atomic mass is 9.98. The van der Waals surface area contributed by atoms with E-state index in [1.165, 1.54) is 6.33 Å². The van der Waals surface area contributed by atoms with Crippen LogP contribution in [0, 0.1) is 5.92 Å². The molecule has 2 aromatic heterocycles. The number of aromatic nitrogens is 4. The number of rotatable bonds is 8. The molecule has 0 bridgehead atoms. The molecule has 6 nitrogen and oxygen atoms in total. The number of nitrogens with one attached hydrogen (secondary N) is 1. The Kier molecular flexibility index (Phi) is 6.06. The third kappa shape index (κ3) is 5.27. The number of amides is 1. The molecule has 0 aliphatic rings. The number of hydrogen-bond acceptors (Lipinski definition) is 4. The molecule has 2 heterocycles.